The van der Waals surface area contributed by atoms with E-state index in [1.807, 2.05) is 0 Å². The van der Waals surface area contributed by atoms with Crippen molar-refractivity contribution in [3.63, 3.8) is 0 Å². The number of nitrogens with one attached hydrogen (secondary N) is 1. The fourth-order valence-electron chi connectivity index (χ4n) is 2.47. The van der Waals surface area contributed by atoms with Crippen LogP contribution in [-0.4, -0.2) is 6.54 Å². The highest BCUT2D eigenvalue weighted by atomic mass is 32.1. The van der Waals surface area contributed by atoms with E-state index in [4.69, 9.17) is 0 Å². The zero-order chi connectivity index (χ0) is 13.0. The maximum Gasteiger partial charge on any atom is 0.0421 e. The third kappa shape index (κ3) is 2.65. The van der Waals surface area contributed by atoms with Crippen molar-refractivity contribution in [1.29, 1.82) is 0 Å². The number of benzene rings is 1. The van der Waals surface area contributed by atoms with Gasteiger partial charge in [-0.1, -0.05) is 51.1 Å². The molecule has 1 heterocycles. The van der Waals surface area contributed by atoms with Gasteiger partial charge in [0.05, 0.1) is 0 Å². The number of hydrogen-bond acceptors (Lipinski definition) is 2. The summed E-state index contributed by atoms with van der Waals surface area (Å²) in [6.45, 7) is 7.78. The zero-order valence-electron chi connectivity index (χ0n) is 11.3. The molecule has 0 aliphatic rings. The van der Waals surface area contributed by atoms with Crippen LogP contribution >= 0.6 is 11.3 Å². The van der Waals surface area contributed by atoms with Crippen LogP contribution in [0.2, 0.25) is 0 Å². The lowest BCUT2D eigenvalue weighted by Gasteiger charge is -2.35. The largest absolute Gasteiger partial charge is 0.309 e. The summed E-state index contributed by atoms with van der Waals surface area (Å²) in [7, 11) is 0. The fraction of sp³-hybridized carbons (Fsp3) is 0.375. The third-order valence-corrected chi connectivity index (χ3v) is 4.23. The Morgan fingerprint density at radius 3 is 2.44 bits per heavy atom. The molecule has 1 nitrogen and oxygen atoms in total. The van der Waals surface area contributed by atoms with E-state index in [2.05, 4.69) is 73.2 Å². The molecule has 0 spiro atoms. The molecule has 2 heteroatoms. The molecule has 18 heavy (non-hydrogen) atoms. The molecular formula is C16H21NS. The molecule has 0 amide bonds. The van der Waals surface area contributed by atoms with Gasteiger partial charge in [-0.15, -0.1) is 0 Å². The minimum atomic E-state index is 0.0817. The van der Waals surface area contributed by atoms with E-state index < -0.39 is 0 Å². The molecule has 1 N–H and O–H groups in total. The maximum absolute atomic E-state index is 3.63. The van der Waals surface area contributed by atoms with Crippen LogP contribution in [0.1, 0.15) is 37.9 Å². The number of thiophene rings is 1. The summed E-state index contributed by atoms with van der Waals surface area (Å²) in [6.07, 6.45) is 0. The van der Waals surface area contributed by atoms with Crippen LogP contribution in [0.25, 0.3) is 0 Å². The van der Waals surface area contributed by atoms with Crippen molar-refractivity contribution in [3.05, 3.63) is 58.3 Å². The van der Waals surface area contributed by atoms with Crippen LogP contribution in [0.5, 0.6) is 0 Å². The Kier molecular flexibility index (Phi) is 4.20. The van der Waals surface area contributed by atoms with Crippen molar-refractivity contribution in [3.8, 4) is 0 Å². The highest BCUT2D eigenvalue weighted by molar-refractivity contribution is 7.07. The van der Waals surface area contributed by atoms with Gasteiger partial charge in [-0.05, 0) is 34.5 Å². The molecule has 2 aromatic rings. The highest BCUT2D eigenvalue weighted by Crippen LogP contribution is 2.37. The molecule has 0 fully saturated rings. The summed E-state index contributed by atoms with van der Waals surface area (Å²) >= 11 is 1.77. The molecule has 1 aromatic carbocycles. The van der Waals surface area contributed by atoms with Crippen molar-refractivity contribution in [1.82, 2.24) is 5.32 Å². The summed E-state index contributed by atoms with van der Waals surface area (Å²) in [5.74, 6) is 0. The summed E-state index contributed by atoms with van der Waals surface area (Å²) in [4.78, 5) is 0. The average Bonchev–Trinajstić information content (AvgIpc) is 2.90. The predicted octanol–water partition coefficient (Wildman–Crippen LogP) is 4.38. The Labute approximate surface area is 114 Å². The van der Waals surface area contributed by atoms with Crippen LogP contribution in [-0.2, 0) is 5.41 Å². The van der Waals surface area contributed by atoms with Gasteiger partial charge in [0.2, 0.25) is 0 Å². The van der Waals surface area contributed by atoms with Crippen LogP contribution < -0.4 is 5.32 Å². The quantitative estimate of drug-likeness (QED) is 0.840. The predicted molar refractivity (Wildman–Crippen MR) is 80.2 cm³/mol. The van der Waals surface area contributed by atoms with Gasteiger partial charge in [-0.2, -0.15) is 11.3 Å². The minimum Gasteiger partial charge on any atom is -0.309 e. The van der Waals surface area contributed by atoms with Crippen LogP contribution in [0.3, 0.4) is 0 Å². The minimum absolute atomic E-state index is 0.0817. The van der Waals surface area contributed by atoms with Gasteiger partial charge in [0.15, 0.2) is 0 Å². The van der Waals surface area contributed by atoms with E-state index in [0.29, 0.717) is 6.04 Å². The summed E-state index contributed by atoms with van der Waals surface area (Å²) in [5, 5.41) is 8.03. The average molecular weight is 259 g/mol. The van der Waals surface area contributed by atoms with Crippen LogP contribution in [0.15, 0.2) is 47.2 Å². The van der Waals surface area contributed by atoms with E-state index in [-0.39, 0.29) is 5.41 Å². The monoisotopic (exact) mass is 259 g/mol. The SMILES string of the molecule is CCNC(c1ccsc1)C(C)(C)c1ccccc1. The van der Waals surface area contributed by atoms with E-state index in [1.54, 1.807) is 11.3 Å². The molecule has 0 saturated heterocycles. The molecule has 1 atom stereocenters. The zero-order valence-corrected chi connectivity index (χ0v) is 12.1. The molecule has 1 aromatic heterocycles. The van der Waals surface area contributed by atoms with E-state index in [1.165, 1.54) is 11.1 Å². The lowest BCUT2D eigenvalue weighted by molar-refractivity contribution is 0.354. The van der Waals surface area contributed by atoms with E-state index in [9.17, 15) is 0 Å². The van der Waals surface area contributed by atoms with Gasteiger partial charge in [0.25, 0.3) is 0 Å². The lowest BCUT2D eigenvalue weighted by Crippen LogP contribution is -2.37. The Morgan fingerprint density at radius 2 is 1.89 bits per heavy atom. The molecular weight excluding hydrogens is 238 g/mol. The first-order valence-corrected chi connectivity index (χ1v) is 7.41. The van der Waals surface area contributed by atoms with Gasteiger partial charge in [-0.25, -0.2) is 0 Å². The van der Waals surface area contributed by atoms with Gasteiger partial charge >= 0.3 is 0 Å². The fourth-order valence-corrected chi connectivity index (χ4v) is 3.15. The van der Waals surface area contributed by atoms with Crippen LogP contribution in [0, 0.1) is 0 Å². The van der Waals surface area contributed by atoms with Gasteiger partial charge in [0, 0.05) is 11.5 Å². The second kappa shape index (κ2) is 5.68. The normalized spacial score (nSPS) is 13.5. The molecule has 0 saturated carbocycles. The first-order chi connectivity index (χ1) is 8.66. The lowest BCUT2D eigenvalue weighted by atomic mass is 9.75. The van der Waals surface area contributed by atoms with E-state index in [0.717, 1.165) is 6.54 Å². The Balaban J connectivity index is 2.36. The molecule has 1 unspecified atom stereocenters. The Bertz CT molecular complexity index is 459. The smallest absolute Gasteiger partial charge is 0.0421 e. The highest BCUT2D eigenvalue weighted by Gasteiger charge is 2.31. The maximum atomic E-state index is 3.63. The van der Waals surface area contributed by atoms with Crippen molar-refractivity contribution in [2.75, 3.05) is 6.54 Å². The standard InChI is InChI=1S/C16H21NS/c1-4-17-15(13-10-11-18-12-13)16(2,3)14-8-6-5-7-9-14/h5-12,15,17H,4H2,1-3H3. The van der Waals surface area contributed by atoms with Gasteiger partial charge in [-0.3, -0.25) is 0 Å². The number of rotatable bonds is 5. The Morgan fingerprint density at radius 1 is 1.17 bits per heavy atom. The molecule has 0 bridgehead atoms. The van der Waals surface area contributed by atoms with Crippen LogP contribution in [0.4, 0.5) is 0 Å². The first-order valence-electron chi connectivity index (χ1n) is 6.47. The number of hydrogen-bond donors (Lipinski definition) is 1. The van der Waals surface area contributed by atoms with Crippen molar-refractivity contribution in [2.45, 2.75) is 32.2 Å². The van der Waals surface area contributed by atoms with Gasteiger partial charge < -0.3 is 5.32 Å². The number of likely N-dealkylation sites (N-methyl/N-ethyl adjacent to an activating group) is 1. The van der Waals surface area contributed by atoms with Crippen molar-refractivity contribution >= 4 is 11.3 Å². The molecule has 0 aliphatic carbocycles. The van der Waals surface area contributed by atoms with Crippen molar-refractivity contribution < 1.29 is 0 Å². The Hall–Kier alpha value is -1.12. The molecule has 0 aliphatic heterocycles. The summed E-state index contributed by atoms with van der Waals surface area (Å²) in [5.41, 5.74) is 2.84. The first kappa shape index (κ1) is 13.3. The van der Waals surface area contributed by atoms with E-state index >= 15 is 0 Å². The second-order valence-corrected chi connectivity index (χ2v) is 5.92. The molecule has 2 rings (SSSR count). The molecule has 0 radical (unpaired) electrons. The van der Waals surface area contributed by atoms with Gasteiger partial charge in [0.1, 0.15) is 0 Å². The topological polar surface area (TPSA) is 12.0 Å². The summed E-state index contributed by atoms with van der Waals surface area (Å²) in [6, 6.07) is 13.3. The van der Waals surface area contributed by atoms with Crippen molar-refractivity contribution in [2.24, 2.45) is 0 Å². The second-order valence-electron chi connectivity index (χ2n) is 5.14. The molecule has 96 valence electrons. The summed E-state index contributed by atoms with van der Waals surface area (Å²) < 4.78 is 0. The third-order valence-electron chi connectivity index (χ3n) is 3.52.